The number of benzene rings is 1. The van der Waals surface area contributed by atoms with Gasteiger partial charge < -0.3 is 19.8 Å². The summed E-state index contributed by atoms with van der Waals surface area (Å²) in [4.78, 5) is 4.51. The molecule has 1 aromatic carbocycles. The van der Waals surface area contributed by atoms with Crippen LogP contribution in [0, 0.1) is 5.82 Å². The zero-order chi connectivity index (χ0) is 17.7. The van der Waals surface area contributed by atoms with Gasteiger partial charge in [-0.2, -0.15) is 0 Å². The Hall–Kier alpha value is -2.34. The van der Waals surface area contributed by atoms with Gasteiger partial charge in [0.1, 0.15) is 18.2 Å². The molecule has 0 unspecified atom stereocenters. The minimum atomic E-state index is -0.201. The molecular weight excluding hydrogens is 321 g/mol. The minimum Gasteiger partial charge on any atom is -0.467 e. The van der Waals surface area contributed by atoms with Gasteiger partial charge in [0.25, 0.3) is 0 Å². The number of aliphatic imine (C=N–C) groups is 1. The molecule has 0 aliphatic carbocycles. The van der Waals surface area contributed by atoms with Crippen LogP contribution in [0.25, 0.3) is 0 Å². The van der Waals surface area contributed by atoms with E-state index in [0.717, 1.165) is 36.7 Å². The second-order valence-corrected chi connectivity index (χ2v) is 5.55. The van der Waals surface area contributed by atoms with E-state index in [9.17, 15) is 4.39 Å². The molecule has 0 spiro atoms. The van der Waals surface area contributed by atoms with E-state index in [1.165, 1.54) is 6.07 Å². The molecule has 0 saturated carbocycles. The lowest BCUT2D eigenvalue weighted by Crippen LogP contribution is -2.38. The van der Waals surface area contributed by atoms with Crippen LogP contribution in [0.5, 0.6) is 0 Å². The Labute approximate surface area is 148 Å². The maximum Gasteiger partial charge on any atom is 0.191 e. The van der Waals surface area contributed by atoms with Crippen LogP contribution >= 0.6 is 0 Å². The molecule has 0 bridgehead atoms. The highest BCUT2D eigenvalue weighted by Gasteiger charge is 1.99. The van der Waals surface area contributed by atoms with E-state index in [0.29, 0.717) is 26.3 Å². The SMILES string of the molecule is CCNC(=NCCCOCc1ccco1)NCCc1cccc(F)c1. The molecule has 0 atom stereocenters. The Kier molecular flexibility index (Phi) is 8.55. The molecule has 0 saturated heterocycles. The molecule has 1 heterocycles. The third-order valence-corrected chi connectivity index (χ3v) is 3.48. The lowest BCUT2D eigenvalue weighted by molar-refractivity contribution is 0.105. The average Bonchev–Trinajstić information content (AvgIpc) is 3.11. The molecule has 6 heteroatoms. The van der Waals surface area contributed by atoms with Crippen molar-refractivity contribution in [3.63, 3.8) is 0 Å². The summed E-state index contributed by atoms with van der Waals surface area (Å²) >= 11 is 0. The predicted molar refractivity (Wildman–Crippen MR) is 97.1 cm³/mol. The molecule has 2 rings (SSSR count). The standard InChI is InChI=1S/C19H26FN3O2/c1-2-21-19(23-11-9-16-6-3-7-17(20)14-16)22-10-5-12-24-15-18-8-4-13-25-18/h3-4,6-8,13-14H,2,5,9-12,15H2,1H3,(H2,21,22,23). The second kappa shape index (κ2) is 11.3. The van der Waals surface area contributed by atoms with E-state index in [-0.39, 0.29) is 5.82 Å². The first-order valence-electron chi connectivity index (χ1n) is 8.64. The number of halogens is 1. The zero-order valence-corrected chi connectivity index (χ0v) is 14.6. The van der Waals surface area contributed by atoms with Gasteiger partial charge in [0.15, 0.2) is 5.96 Å². The second-order valence-electron chi connectivity index (χ2n) is 5.55. The zero-order valence-electron chi connectivity index (χ0n) is 14.6. The van der Waals surface area contributed by atoms with Crippen molar-refractivity contribution in [2.75, 3.05) is 26.2 Å². The van der Waals surface area contributed by atoms with E-state index in [1.807, 2.05) is 25.1 Å². The van der Waals surface area contributed by atoms with Crippen LogP contribution in [-0.4, -0.2) is 32.2 Å². The van der Waals surface area contributed by atoms with Crippen LogP contribution in [0.2, 0.25) is 0 Å². The third-order valence-electron chi connectivity index (χ3n) is 3.48. The molecule has 25 heavy (non-hydrogen) atoms. The molecule has 0 radical (unpaired) electrons. The van der Waals surface area contributed by atoms with Crippen molar-refractivity contribution in [3.8, 4) is 0 Å². The number of hydrogen-bond acceptors (Lipinski definition) is 3. The van der Waals surface area contributed by atoms with E-state index < -0.39 is 0 Å². The van der Waals surface area contributed by atoms with Crippen molar-refractivity contribution >= 4 is 5.96 Å². The van der Waals surface area contributed by atoms with Gasteiger partial charge in [0.2, 0.25) is 0 Å². The molecule has 0 aliphatic rings. The molecule has 5 nitrogen and oxygen atoms in total. The molecular formula is C19H26FN3O2. The van der Waals surface area contributed by atoms with E-state index >= 15 is 0 Å². The Morgan fingerprint density at radius 1 is 1.24 bits per heavy atom. The molecule has 2 N–H and O–H groups in total. The summed E-state index contributed by atoms with van der Waals surface area (Å²) < 4.78 is 23.9. The molecule has 0 amide bonds. The van der Waals surface area contributed by atoms with Crippen molar-refractivity contribution in [2.24, 2.45) is 4.99 Å². The lowest BCUT2D eigenvalue weighted by Gasteiger charge is -2.11. The maximum atomic E-state index is 13.2. The van der Waals surface area contributed by atoms with Crippen LogP contribution in [-0.2, 0) is 17.8 Å². The number of nitrogens with one attached hydrogen (secondary N) is 2. The van der Waals surface area contributed by atoms with Crippen molar-refractivity contribution < 1.29 is 13.5 Å². The number of nitrogens with zero attached hydrogens (tertiary/aromatic N) is 1. The van der Waals surface area contributed by atoms with Crippen LogP contribution in [0.4, 0.5) is 4.39 Å². The fourth-order valence-corrected chi connectivity index (χ4v) is 2.28. The predicted octanol–water partition coefficient (Wildman–Crippen LogP) is 3.12. The van der Waals surface area contributed by atoms with Gasteiger partial charge >= 0.3 is 0 Å². The van der Waals surface area contributed by atoms with E-state index in [1.54, 1.807) is 18.4 Å². The summed E-state index contributed by atoms with van der Waals surface area (Å²) in [5.74, 6) is 1.40. The highest BCUT2D eigenvalue weighted by atomic mass is 19.1. The molecule has 2 aromatic rings. The summed E-state index contributed by atoms with van der Waals surface area (Å²) in [5.41, 5.74) is 0.967. The Balaban J connectivity index is 1.63. The monoisotopic (exact) mass is 347 g/mol. The number of furan rings is 1. The summed E-state index contributed by atoms with van der Waals surface area (Å²) in [6, 6.07) is 10.4. The fourth-order valence-electron chi connectivity index (χ4n) is 2.28. The summed E-state index contributed by atoms with van der Waals surface area (Å²) in [6.07, 6.45) is 3.22. The van der Waals surface area contributed by atoms with Crippen molar-refractivity contribution in [2.45, 2.75) is 26.4 Å². The first-order valence-corrected chi connectivity index (χ1v) is 8.64. The van der Waals surface area contributed by atoms with Gasteiger partial charge in [-0.05, 0) is 49.6 Å². The van der Waals surface area contributed by atoms with Gasteiger partial charge in [-0.3, -0.25) is 4.99 Å². The van der Waals surface area contributed by atoms with Crippen LogP contribution in [0.3, 0.4) is 0 Å². The quantitative estimate of drug-likeness (QED) is 0.394. The Bertz CT molecular complexity index is 629. The average molecular weight is 347 g/mol. The highest BCUT2D eigenvalue weighted by molar-refractivity contribution is 5.79. The van der Waals surface area contributed by atoms with Crippen molar-refractivity contribution in [3.05, 3.63) is 59.8 Å². The van der Waals surface area contributed by atoms with Crippen LogP contribution in [0.1, 0.15) is 24.7 Å². The highest BCUT2D eigenvalue weighted by Crippen LogP contribution is 2.03. The van der Waals surface area contributed by atoms with Gasteiger partial charge in [0, 0.05) is 26.2 Å². The molecule has 136 valence electrons. The van der Waals surface area contributed by atoms with Crippen LogP contribution in [0.15, 0.2) is 52.1 Å². The van der Waals surface area contributed by atoms with Gasteiger partial charge in [0.05, 0.1) is 6.26 Å². The summed E-state index contributed by atoms with van der Waals surface area (Å²) in [5, 5.41) is 6.47. The van der Waals surface area contributed by atoms with Gasteiger partial charge in [-0.25, -0.2) is 4.39 Å². The fraction of sp³-hybridized carbons (Fsp3) is 0.421. The molecule has 0 aliphatic heterocycles. The van der Waals surface area contributed by atoms with E-state index in [2.05, 4.69) is 15.6 Å². The number of guanidine groups is 1. The minimum absolute atomic E-state index is 0.201. The first-order chi connectivity index (χ1) is 12.3. The number of ether oxygens (including phenoxy) is 1. The van der Waals surface area contributed by atoms with Gasteiger partial charge in [-0.1, -0.05) is 12.1 Å². The van der Waals surface area contributed by atoms with Crippen molar-refractivity contribution in [1.29, 1.82) is 0 Å². The summed E-state index contributed by atoms with van der Waals surface area (Å²) in [6.45, 7) is 5.31. The Morgan fingerprint density at radius 2 is 2.16 bits per heavy atom. The first kappa shape index (κ1) is 19.0. The largest absolute Gasteiger partial charge is 0.467 e. The third kappa shape index (κ3) is 7.85. The number of rotatable bonds is 10. The van der Waals surface area contributed by atoms with Gasteiger partial charge in [-0.15, -0.1) is 0 Å². The molecule has 0 fully saturated rings. The normalized spacial score (nSPS) is 11.5. The number of hydrogen-bond donors (Lipinski definition) is 2. The van der Waals surface area contributed by atoms with Crippen molar-refractivity contribution in [1.82, 2.24) is 10.6 Å². The smallest absolute Gasteiger partial charge is 0.191 e. The topological polar surface area (TPSA) is 58.8 Å². The maximum absolute atomic E-state index is 13.2. The Morgan fingerprint density at radius 3 is 2.92 bits per heavy atom. The lowest BCUT2D eigenvalue weighted by atomic mass is 10.1. The molecule has 1 aromatic heterocycles. The van der Waals surface area contributed by atoms with Crippen LogP contribution < -0.4 is 10.6 Å². The van der Waals surface area contributed by atoms with E-state index in [4.69, 9.17) is 9.15 Å². The summed E-state index contributed by atoms with van der Waals surface area (Å²) in [7, 11) is 0.